The minimum absolute atomic E-state index is 0.178. The minimum Gasteiger partial charge on any atom is -0.319 e. The molecule has 0 spiro atoms. The van der Waals surface area contributed by atoms with E-state index < -0.39 is 0 Å². The molecule has 2 aromatic carbocycles. The lowest BCUT2D eigenvalue weighted by atomic mass is 10.1. The SMILES string of the molecule is CCc1ccc(C(=O)Nc2c(C)nn(Cc3ccc(F)cc3Cl)c2C)cc1. The van der Waals surface area contributed by atoms with Gasteiger partial charge in [-0.3, -0.25) is 9.48 Å². The molecule has 0 aliphatic carbocycles. The van der Waals surface area contributed by atoms with E-state index in [4.69, 9.17) is 11.6 Å². The van der Waals surface area contributed by atoms with Crippen molar-refractivity contribution in [3.05, 3.63) is 81.4 Å². The number of carbonyl (C=O) groups is 1. The van der Waals surface area contributed by atoms with E-state index in [-0.39, 0.29) is 11.7 Å². The van der Waals surface area contributed by atoms with Crippen LogP contribution in [0.4, 0.5) is 10.1 Å². The summed E-state index contributed by atoms with van der Waals surface area (Å²) in [4.78, 5) is 12.6. The Kier molecular flexibility index (Phi) is 5.61. The first-order chi connectivity index (χ1) is 12.9. The van der Waals surface area contributed by atoms with Crippen molar-refractivity contribution in [2.24, 2.45) is 0 Å². The van der Waals surface area contributed by atoms with Crippen LogP contribution in [0.25, 0.3) is 0 Å². The van der Waals surface area contributed by atoms with E-state index in [1.165, 1.54) is 17.7 Å². The number of aromatic nitrogens is 2. The second kappa shape index (κ2) is 7.92. The molecule has 0 radical (unpaired) electrons. The third-order valence-electron chi connectivity index (χ3n) is 4.58. The second-order valence-corrected chi connectivity index (χ2v) is 6.85. The summed E-state index contributed by atoms with van der Waals surface area (Å²) < 4.78 is 15.0. The molecule has 0 unspecified atom stereocenters. The van der Waals surface area contributed by atoms with Crippen molar-refractivity contribution >= 4 is 23.2 Å². The van der Waals surface area contributed by atoms with E-state index in [0.29, 0.717) is 28.5 Å². The van der Waals surface area contributed by atoms with Crippen LogP contribution in [0, 0.1) is 19.7 Å². The van der Waals surface area contributed by atoms with Crippen LogP contribution in [0.2, 0.25) is 5.02 Å². The number of amides is 1. The van der Waals surface area contributed by atoms with E-state index >= 15 is 0 Å². The van der Waals surface area contributed by atoms with Gasteiger partial charge >= 0.3 is 0 Å². The molecule has 3 aromatic rings. The van der Waals surface area contributed by atoms with Crippen LogP contribution in [-0.2, 0) is 13.0 Å². The van der Waals surface area contributed by atoms with Gasteiger partial charge in [-0.1, -0.05) is 36.7 Å². The highest BCUT2D eigenvalue weighted by Crippen LogP contribution is 2.24. The van der Waals surface area contributed by atoms with Gasteiger partial charge in [0.1, 0.15) is 5.82 Å². The zero-order valence-electron chi connectivity index (χ0n) is 15.5. The monoisotopic (exact) mass is 385 g/mol. The first-order valence-corrected chi connectivity index (χ1v) is 9.15. The van der Waals surface area contributed by atoms with Crippen molar-refractivity contribution in [3.8, 4) is 0 Å². The normalized spacial score (nSPS) is 10.9. The maximum atomic E-state index is 13.2. The fraction of sp³-hybridized carbons (Fsp3) is 0.238. The third-order valence-corrected chi connectivity index (χ3v) is 4.93. The Morgan fingerprint density at radius 2 is 1.89 bits per heavy atom. The molecule has 4 nitrogen and oxygen atoms in total. The summed E-state index contributed by atoms with van der Waals surface area (Å²) in [5.74, 6) is -0.553. The van der Waals surface area contributed by atoms with Crippen LogP contribution in [0.15, 0.2) is 42.5 Å². The summed E-state index contributed by atoms with van der Waals surface area (Å²) in [5, 5.41) is 7.79. The Balaban J connectivity index is 1.81. The van der Waals surface area contributed by atoms with E-state index in [9.17, 15) is 9.18 Å². The lowest BCUT2D eigenvalue weighted by molar-refractivity contribution is 0.102. The highest BCUT2D eigenvalue weighted by molar-refractivity contribution is 6.31. The molecule has 6 heteroatoms. The largest absolute Gasteiger partial charge is 0.319 e. The molecule has 3 rings (SSSR count). The maximum Gasteiger partial charge on any atom is 0.255 e. The molecular formula is C21H21ClFN3O. The highest BCUT2D eigenvalue weighted by atomic mass is 35.5. The summed E-state index contributed by atoms with van der Waals surface area (Å²) in [6.45, 7) is 6.19. The molecule has 1 aromatic heterocycles. The van der Waals surface area contributed by atoms with Gasteiger partial charge in [0.05, 0.1) is 23.6 Å². The number of halogens is 2. The summed E-state index contributed by atoms with van der Waals surface area (Å²) in [6.07, 6.45) is 0.929. The zero-order chi connectivity index (χ0) is 19.6. The molecule has 1 heterocycles. The van der Waals surface area contributed by atoms with Gasteiger partial charge in [-0.05, 0) is 55.7 Å². The van der Waals surface area contributed by atoms with Gasteiger partial charge in [-0.2, -0.15) is 5.10 Å². The van der Waals surface area contributed by atoms with Crippen LogP contribution in [0.5, 0.6) is 0 Å². The average molecular weight is 386 g/mol. The molecular weight excluding hydrogens is 365 g/mol. The molecule has 27 heavy (non-hydrogen) atoms. The second-order valence-electron chi connectivity index (χ2n) is 6.44. The van der Waals surface area contributed by atoms with Crippen LogP contribution >= 0.6 is 11.6 Å². The molecule has 0 fully saturated rings. The Morgan fingerprint density at radius 1 is 1.19 bits per heavy atom. The molecule has 0 aliphatic rings. The molecule has 0 bridgehead atoms. The number of aryl methyl sites for hydroxylation is 2. The minimum atomic E-state index is -0.376. The number of nitrogens with zero attached hydrogens (tertiary/aromatic N) is 2. The Morgan fingerprint density at radius 3 is 2.52 bits per heavy atom. The third kappa shape index (κ3) is 4.19. The van der Waals surface area contributed by atoms with E-state index in [1.807, 2.05) is 38.1 Å². The first-order valence-electron chi connectivity index (χ1n) is 8.77. The summed E-state index contributed by atoms with van der Waals surface area (Å²) in [7, 11) is 0. The van der Waals surface area contributed by atoms with E-state index in [2.05, 4.69) is 17.3 Å². The molecule has 0 aliphatic heterocycles. The number of benzene rings is 2. The molecule has 140 valence electrons. The van der Waals surface area contributed by atoms with Gasteiger partial charge in [0.2, 0.25) is 0 Å². The topological polar surface area (TPSA) is 46.9 Å². The molecule has 0 saturated carbocycles. The predicted molar refractivity (Wildman–Crippen MR) is 106 cm³/mol. The van der Waals surface area contributed by atoms with Gasteiger partial charge in [-0.15, -0.1) is 0 Å². The standard InChI is InChI=1S/C21H21ClFN3O/c1-4-15-5-7-16(8-6-15)21(27)24-20-13(2)25-26(14(20)3)12-17-9-10-18(23)11-19(17)22/h5-11H,4,12H2,1-3H3,(H,24,27). The Bertz CT molecular complexity index is 980. The molecule has 0 saturated heterocycles. The number of hydrogen-bond donors (Lipinski definition) is 1. The number of anilines is 1. The van der Waals surface area contributed by atoms with E-state index in [0.717, 1.165) is 17.7 Å². The fourth-order valence-electron chi connectivity index (χ4n) is 2.92. The predicted octanol–water partition coefficient (Wildman–Crippen LogP) is 5.16. The highest BCUT2D eigenvalue weighted by Gasteiger charge is 2.16. The van der Waals surface area contributed by atoms with Crippen LogP contribution in [-0.4, -0.2) is 15.7 Å². The molecule has 0 atom stereocenters. The van der Waals surface area contributed by atoms with Crippen molar-refractivity contribution in [3.63, 3.8) is 0 Å². The van der Waals surface area contributed by atoms with Crippen molar-refractivity contribution in [2.45, 2.75) is 33.7 Å². The van der Waals surface area contributed by atoms with Crippen molar-refractivity contribution in [2.75, 3.05) is 5.32 Å². The number of hydrogen-bond acceptors (Lipinski definition) is 2. The number of carbonyl (C=O) groups excluding carboxylic acids is 1. The molecule has 1 amide bonds. The maximum absolute atomic E-state index is 13.2. The number of nitrogens with one attached hydrogen (secondary N) is 1. The van der Waals surface area contributed by atoms with Crippen molar-refractivity contribution < 1.29 is 9.18 Å². The van der Waals surface area contributed by atoms with Crippen molar-refractivity contribution in [1.29, 1.82) is 0 Å². The van der Waals surface area contributed by atoms with Gasteiger partial charge in [0, 0.05) is 10.6 Å². The van der Waals surface area contributed by atoms with Crippen LogP contribution < -0.4 is 5.32 Å². The fourth-order valence-corrected chi connectivity index (χ4v) is 3.15. The van der Waals surface area contributed by atoms with Crippen LogP contribution in [0.1, 0.15) is 39.8 Å². The number of rotatable bonds is 5. The van der Waals surface area contributed by atoms with Gasteiger partial charge in [0.25, 0.3) is 5.91 Å². The average Bonchev–Trinajstić information content (AvgIpc) is 2.91. The first kappa shape index (κ1) is 19.1. The lowest BCUT2D eigenvalue weighted by Crippen LogP contribution is -2.13. The lowest BCUT2D eigenvalue weighted by Gasteiger charge is -2.09. The van der Waals surface area contributed by atoms with E-state index in [1.54, 1.807) is 10.7 Å². The van der Waals surface area contributed by atoms with Gasteiger partial charge in [-0.25, -0.2) is 4.39 Å². The van der Waals surface area contributed by atoms with Crippen LogP contribution in [0.3, 0.4) is 0 Å². The summed E-state index contributed by atoms with van der Waals surface area (Å²) in [6, 6.07) is 11.8. The quantitative estimate of drug-likeness (QED) is 0.659. The zero-order valence-corrected chi connectivity index (χ0v) is 16.3. The van der Waals surface area contributed by atoms with Crippen molar-refractivity contribution in [1.82, 2.24) is 9.78 Å². The summed E-state index contributed by atoms with van der Waals surface area (Å²) in [5.41, 5.74) is 4.74. The Labute approximate surface area is 163 Å². The smallest absolute Gasteiger partial charge is 0.255 e. The van der Waals surface area contributed by atoms with Gasteiger partial charge in [0.15, 0.2) is 0 Å². The van der Waals surface area contributed by atoms with Gasteiger partial charge < -0.3 is 5.32 Å². The molecule has 1 N–H and O–H groups in total. The Hall–Kier alpha value is -2.66. The summed E-state index contributed by atoms with van der Waals surface area (Å²) >= 11 is 6.12.